The Morgan fingerprint density at radius 1 is 1.26 bits per heavy atom. The number of fused-ring (bicyclic) bond motifs is 1. The number of benzene rings is 1. The van der Waals surface area contributed by atoms with Gasteiger partial charge < -0.3 is 10.2 Å². The summed E-state index contributed by atoms with van der Waals surface area (Å²) in [4.78, 5) is 27.9. The Morgan fingerprint density at radius 2 is 1.94 bits per heavy atom. The molecule has 184 valence electrons. The normalized spacial score (nSPS) is 22.7. The van der Waals surface area contributed by atoms with E-state index in [1.165, 1.54) is 4.68 Å². The molecule has 2 aliphatic carbocycles. The number of hydrogen-bond donors (Lipinski definition) is 1. The summed E-state index contributed by atoms with van der Waals surface area (Å²) < 4.78 is 27.1. The average Bonchev–Trinajstić information content (AvgIpc) is 3.54. The topological polar surface area (TPSA) is 125 Å². The lowest BCUT2D eigenvalue weighted by molar-refractivity contribution is 0.0724. The number of nitrogens with zero attached hydrogens (tertiary/aromatic N) is 4. The van der Waals surface area contributed by atoms with E-state index in [-0.39, 0.29) is 35.8 Å². The Bertz CT molecular complexity index is 1330. The maximum Gasteiger partial charge on any atom is 0.272 e. The molecule has 10 heteroatoms. The molecule has 1 aliphatic heterocycles. The number of rotatable bonds is 7. The second kappa shape index (κ2) is 8.48. The summed E-state index contributed by atoms with van der Waals surface area (Å²) >= 11 is 0. The summed E-state index contributed by atoms with van der Waals surface area (Å²) in [6.45, 7) is 2.92. The molecule has 3 aliphatic rings. The molecule has 5 rings (SSSR count). The van der Waals surface area contributed by atoms with Crippen molar-refractivity contribution in [1.82, 2.24) is 20.0 Å². The minimum absolute atomic E-state index is 0.212. The van der Waals surface area contributed by atoms with Gasteiger partial charge in [0.05, 0.1) is 21.6 Å². The second-order valence-electron chi connectivity index (χ2n) is 10.2. The maximum absolute atomic E-state index is 13.4. The van der Waals surface area contributed by atoms with Crippen LogP contribution in [-0.4, -0.2) is 58.0 Å². The number of carbonyl (C=O) groups excluding carboxylic acids is 2. The Hall–Kier alpha value is -3.19. The van der Waals surface area contributed by atoms with Crippen molar-refractivity contribution < 1.29 is 18.0 Å². The first-order chi connectivity index (χ1) is 16.6. The van der Waals surface area contributed by atoms with Crippen molar-refractivity contribution in [2.24, 2.45) is 13.0 Å². The van der Waals surface area contributed by atoms with E-state index in [2.05, 4.69) is 23.4 Å². The first-order valence-electron chi connectivity index (χ1n) is 12.0. The molecule has 2 aromatic rings. The van der Waals surface area contributed by atoms with Crippen LogP contribution in [0.4, 0.5) is 0 Å². The Morgan fingerprint density at radius 3 is 2.54 bits per heavy atom. The molecule has 2 amide bonds. The third-order valence-electron chi connectivity index (χ3n) is 7.68. The lowest BCUT2D eigenvalue weighted by Gasteiger charge is -2.37. The highest BCUT2D eigenvalue weighted by Gasteiger charge is 2.60. The molecule has 1 N–H and O–H groups in total. The average molecular weight is 496 g/mol. The van der Waals surface area contributed by atoms with Crippen LogP contribution in [0.2, 0.25) is 0 Å². The summed E-state index contributed by atoms with van der Waals surface area (Å²) in [6.07, 6.45) is 3.08. The van der Waals surface area contributed by atoms with Crippen LogP contribution >= 0.6 is 0 Å². The van der Waals surface area contributed by atoms with Crippen molar-refractivity contribution in [2.45, 2.75) is 55.6 Å². The molecule has 2 heterocycles. The predicted molar refractivity (Wildman–Crippen MR) is 128 cm³/mol. The van der Waals surface area contributed by atoms with Gasteiger partial charge in [-0.25, -0.2) is 8.42 Å². The van der Waals surface area contributed by atoms with Crippen LogP contribution in [-0.2, 0) is 29.9 Å². The number of amides is 2. The van der Waals surface area contributed by atoms with E-state index in [1.807, 2.05) is 0 Å². The van der Waals surface area contributed by atoms with Crippen LogP contribution in [0, 0.1) is 17.2 Å². The molecule has 0 spiro atoms. The van der Waals surface area contributed by atoms with E-state index in [4.69, 9.17) is 5.26 Å². The van der Waals surface area contributed by atoms with Gasteiger partial charge in [-0.15, -0.1) is 0 Å². The van der Waals surface area contributed by atoms with Crippen molar-refractivity contribution in [1.29, 1.82) is 5.26 Å². The van der Waals surface area contributed by atoms with Gasteiger partial charge in [0.15, 0.2) is 15.5 Å². The summed E-state index contributed by atoms with van der Waals surface area (Å²) in [5.74, 6) is -0.190. The third-order valence-corrected chi connectivity index (χ3v) is 10.7. The van der Waals surface area contributed by atoms with Gasteiger partial charge in [-0.05, 0) is 55.7 Å². The van der Waals surface area contributed by atoms with E-state index < -0.39 is 14.6 Å². The Balaban J connectivity index is 1.29. The number of hydrogen-bond acceptors (Lipinski definition) is 6. The summed E-state index contributed by atoms with van der Waals surface area (Å²) in [5, 5.41) is 15.8. The second-order valence-corrected chi connectivity index (χ2v) is 12.8. The molecular formula is C25H29N5O4S. The molecule has 1 aromatic heterocycles. The largest absolute Gasteiger partial charge is 0.347 e. The predicted octanol–water partition coefficient (Wildman–Crippen LogP) is 1.97. The molecule has 0 saturated heterocycles. The van der Waals surface area contributed by atoms with Gasteiger partial charge in [0, 0.05) is 32.2 Å². The third kappa shape index (κ3) is 4.01. The van der Waals surface area contributed by atoms with Crippen LogP contribution in [0.1, 0.15) is 70.3 Å². The zero-order valence-corrected chi connectivity index (χ0v) is 20.8. The lowest BCUT2D eigenvalue weighted by Crippen LogP contribution is -2.50. The van der Waals surface area contributed by atoms with Gasteiger partial charge >= 0.3 is 0 Å². The highest BCUT2D eigenvalue weighted by molar-refractivity contribution is 7.93. The van der Waals surface area contributed by atoms with Gasteiger partial charge in [-0.1, -0.05) is 19.1 Å². The molecule has 0 atom stereocenters. The fourth-order valence-corrected chi connectivity index (χ4v) is 8.20. The lowest BCUT2D eigenvalue weighted by atomic mass is 9.87. The molecule has 35 heavy (non-hydrogen) atoms. The zero-order valence-electron chi connectivity index (χ0n) is 20.0. The van der Waals surface area contributed by atoms with E-state index in [0.29, 0.717) is 61.4 Å². The first-order valence-corrected chi connectivity index (χ1v) is 13.6. The number of nitriles is 1. The van der Waals surface area contributed by atoms with E-state index >= 15 is 0 Å². The van der Waals surface area contributed by atoms with Gasteiger partial charge in [-0.3, -0.25) is 14.3 Å². The van der Waals surface area contributed by atoms with Crippen LogP contribution in [0.25, 0.3) is 0 Å². The molecule has 9 nitrogen and oxygen atoms in total. The molecule has 1 aromatic carbocycles. The van der Waals surface area contributed by atoms with Crippen molar-refractivity contribution >= 4 is 21.7 Å². The molecule has 0 unspecified atom stereocenters. The van der Waals surface area contributed by atoms with Crippen LogP contribution in [0.3, 0.4) is 0 Å². The zero-order chi connectivity index (χ0) is 25.0. The van der Waals surface area contributed by atoms with Crippen LogP contribution in [0.5, 0.6) is 0 Å². The number of carbonyl (C=O) groups is 2. The molecule has 2 fully saturated rings. The first kappa shape index (κ1) is 23.5. The molecule has 2 saturated carbocycles. The highest BCUT2D eigenvalue weighted by Crippen LogP contribution is 2.50. The van der Waals surface area contributed by atoms with Crippen molar-refractivity contribution in [3.05, 3.63) is 52.3 Å². The number of sulfone groups is 1. The number of aryl methyl sites for hydroxylation is 1. The van der Waals surface area contributed by atoms with Crippen LogP contribution < -0.4 is 5.32 Å². The van der Waals surface area contributed by atoms with Crippen LogP contribution in [0.15, 0.2) is 24.3 Å². The molecule has 0 radical (unpaired) electrons. The highest BCUT2D eigenvalue weighted by atomic mass is 32.2. The smallest absolute Gasteiger partial charge is 0.272 e. The number of nitrogens with one attached hydrogen (secondary N) is 1. The van der Waals surface area contributed by atoms with Crippen molar-refractivity contribution in [3.63, 3.8) is 0 Å². The fraction of sp³-hybridized carbons (Fsp3) is 0.520. The van der Waals surface area contributed by atoms with Gasteiger partial charge in [-0.2, -0.15) is 10.4 Å². The maximum atomic E-state index is 13.4. The standard InChI is InChI=1S/C25H29N5O4S/c1-16-11-19(12-16)35(33,34)25(8-9-25)15-30-10-7-20-21(28-29(2)22(20)24(30)32)23(31)27-14-18-5-3-17(13-26)4-6-18/h3-6,16,19H,7-12,14-15H2,1-2H3,(H,27,31). The van der Waals surface area contributed by atoms with Crippen molar-refractivity contribution in [2.75, 3.05) is 13.1 Å². The van der Waals surface area contributed by atoms with E-state index in [9.17, 15) is 18.0 Å². The SMILES string of the molecule is CC1CC(S(=O)(=O)C2(CN3CCc4c(C(=O)NCc5ccc(C#N)cc5)nn(C)c4C3=O)CC2)C1. The summed E-state index contributed by atoms with van der Waals surface area (Å²) in [7, 11) is -1.64. The van der Waals surface area contributed by atoms with Gasteiger partial charge in [0.1, 0.15) is 5.69 Å². The van der Waals surface area contributed by atoms with E-state index in [0.717, 1.165) is 5.56 Å². The summed E-state index contributed by atoms with van der Waals surface area (Å²) in [6, 6.07) is 9.00. The van der Waals surface area contributed by atoms with Gasteiger partial charge in [0.2, 0.25) is 0 Å². The van der Waals surface area contributed by atoms with Crippen molar-refractivity contribution in [3.8, 4) is 6.07 Å². The molecule has 0 bridgehead atoms. The number of aromatic nitrogens is 2. The van der Waals surface area contributed by atoms with Gasteiger partial charge in [0.25, 0.3) is 11.8 Å². The Kier molecular flexibility index (Phi) is 5.71. The minimum Gasteiger partial charge on any atom is -0.347 e. The monoisotopic (exact) mass is 495 g/mol. The molecular weight excluding hydrogens is 466 g/mol. The van der Waals surface area contributed by atoms with E-state index in [1.54, 1.807) is 36.2 Å². The Labute approximate surface area is 205 Å². The fourth-order valence-electron chi connectivity index (χ4n) is 5.32. The minimum atomic E-state index is -3.28. The quantitative estimate of drug-likeness (QED) is 0.626. The summed E-state index contributed by atoms with van der Waals surface area (Å²) in [5.41, 5.74) is 2.57.